The maximum atomic E-state index is 13.7. The molecule has 4 aromatic rings. The third-order valence-corrected chi connectivity index (χ3v) is 5.26. The summed E-state index contributed by atoms with van der Waals surface area (Å²) < 4.78 is 34.0. The summed E-state index contributed by atoms with van der Waals surface area (Å²) in [4.78, 5) is 20.7. The Balaban J connectivity index is 1.75. The number of rotatable bonds is 6. The monoisotopic (exact) mass is 440 g/mol. The number of methoxy groups -OCH3 is 1. The minimum Gasteiger partial charge on any atom is -0.490 e. The molecule has 4 rings (SSSR count). The van der Waals surface area contributed by atoms with Gasteiger partial charge in [-0.2, -0.15) is 4.98 Å². The normalized spacial score (nSPS) is 10.8. The fraction of sp³-hybridized carbons (Fsp3) is 0.136. The largest absolute Gasteiger partial charge is 0.490 e. The SMILES string of the molecule is COc1cn(Cc2cc(F)cc(F)c2)c(Nc2cc(-c3cscn3)ccc2C)nc1=O. The Morgan fingerprint density at radius 2 is 1.94 bits per heavy atom. The predicted molar refractivity (Wildman–Crippen MR) is 116 cm³/mol. The molecule has 0 fully saturated rings. The van der Waals surface area contributed by atoms with E-state index in [1.807, 2.05) is 30.5 Å². The van der Waals surface area contributed by atoms with Crippen LogP contribution in [0.15, 0.2) is 58.3 Å². The molecule has 2 aromatic carbocycles. The second kappa shape index (κ2) is 8.65. The second-order valence-corrected chi connectivity index (χ2v) is 7.59. The summed E-state index contributed by atoms with van der Waals surface area (Å²) in [6.07, 6.45) is 1.46. The molecule has 0 unspecified atom stereocenters. The summed E-state index contributed by atoms with van der Waals surface area (Å²) in [5.41, 5.74) is 4.96. The number of hydrogen-bond donors (Lipinski definition) is 1. The van der Waals surface area contributed by atoms with E-state index < -0.39 is 17.2 Å². The molecule has 31 heavy (non-hydrogen) atoms. The van der Waals surface area contributed by atoms with Crippen molar-refractivity contribution in [3.05, 3.63) is 86.6 Å². The van der Waals surface area contributed by atoms with Gasteiger partial charge in [0.15, 0.2) is 0 Å². The van der Waals surface area contributed by atoms with Crippen LogP contribution in [0, 0.1) is 18.6 Å². The highest BCUT2D eigenvalue weighted by atomic mass is 32.1. The zero-order valence-electron chi connectivity index (χ0n) is 16.7. The molecule has 2 heterocycles. The van der Waals surface area contributed by atoms with Crippen LogP contribution in [0.3, 0.4) is 0 Å². The summed E-state index contributed by atoms with van der Waals surface area (Å²) >= 11 is 1.50. The van der Waals surface area contributed by atoms with E-state index in [0.29, 0.717) is 5.56 Å². The molecule has 9 heteroatoms. The Bertz CT molecular complexity index is 1270. The van der Waals surface area contributed by atoms with E-state index in [2.05, 4.69) is 15.3 Å². The minimum absolute atomic E-state index is 0.0235. The number of hydrogen-bond acceptors (Lipinski definition) is 6. The van der Waals surface area contributed by atoms with Gasteiger partial charge < -0.3 is 14.6 Å². The Morgan fingerprint density at radius 3 is 2.61 bits per heavy atom. The first kappa shape index (κ1) is 20.7. The van der Waals surface area contributed by atoms with E-state index in [0.717, 1.165) is 28.6 Å². The average Bonchev–Trinajstić information content (AvgIpc) is 3.25. The van der Waals surface area contributed by atoms with Crippen molar-refractivity contribution in [2.24, 2.45) is 0 Å². The number of ether oxygens (including phenoxy) is 1. The Labute approximate surface area is 180 Å². The van der Waals surface area contributed by atoms with Crippen molar-refractivity contribution in [3.8, 4) is 17.0 Å². The molecule has 0 aliphatic heterocycles. The molecule has 0 aliphatic carbocycles. The average molecular weight is 440 g/mol. The molecule has 0 aliphatic rings. The summed E-state index contributed by atoms with van der Waals surface area (Å²) in [5.74, 6) is -1.13. The highest BCUT2D eigenvalue weighted by Crippen LogP contribution is 2.27. The number of benzene rings is 2. The van der Waals surface area contributed by atoms with E-state index in [9.17, 15) is 13.6 Å². The number of aromatic nitrogens is 3. The van der Waals surface area contributed by atoms with Crippen LogP contribution in [-0.2, 0) is 6.54 Å². The minimum atomic E-state index is -0.683. The van der Waals surface area contributed by atoms with Crippen LogP contribution in [0.2, 0.25) is 0 Å². The van der Waals surface area contributed by atoms with Crippen LogP contribution < -0.4 is 15.6 Å². The Kier molecular flexibility index (Phi) is 5.77. The molecular weight excluding hydrogens is 422 g/mol. The lowest BCUT2D eigenvalue weighted by atomic mass is 10.1. The maximum absolute atomic E-state index is 13.7. The number of anilines is 2. The van der Waals surface area contributed by atoms with Crippen molar-refractivity contribution >= 4 is 23.0 Å². The van der Waals surface area contributed by atoms with Gasteiger partial charge in [0.1, 0.15) is 11.6 Å². The van der Waals surface area contributed by atoms with Gasteiger partial charge in [0.2, 0.25) is 11.7 Å². The number of aryl methyl sites for hydroxylation is 1. The zero-order valence-corrected chi connectivity index (χ0v) is 17.5. The van der Waals surface area contributed by atoms with Gasteiger partial charge in [0.25, 0.3) is 0 Å². The van der Waals surface area contributed by atoms with Crippen LogP contribution >= 0.6 is 11.3 Å². The molecule has 0 radical (unpaired) electrons. The van der Waals surface area contributed by atoms with Gasteiger partial charge in [-0.1, -0.05) is 12.1 Å². The van der Waals surface area contributed by atoms with Gasteiger partial charge >= 0.3 is 5.56 Å². The molecule has 0 spiro atoms. The molecule has 0 bridgehead atoms. The van der Waals surface area contributed by atoms with Crippen molar-refractivity contribution < 1.29 is 13.5 Å². The quantitative estimate of drug-likeness (QED) is 0.468. The fourth-order valence-corrected chi connectivity index (χ4v) is 3.69. The molecule has 0 atom stereocenters. The number of nitrogens with one attached hydrogen (secondary N) is 1. The van der Waals surface area contributed by atoms with Crippen LogP contribution in [0.4, 0.5) is 20.4 Å². The van der Waals surface area contributed by atoms with E-state index in [-0.39, 0.29) is 18.2 Å². The van der Waals surface area contributed by atoms with Crippen molar-refractivity contribution in [1.82, 2.24) is 14.5 Å². The van der Waals surface area contributed by atoms with Crippen LogP contribution in [-0.4, -0.2) is 21.6 Å². The number of nitrogens with zero attached hydrogens (tertiary/aromatic N) is 3. The topological polar surface area (TPSA) is 69.0 Å². The lowest BCUT2D eigenvalue weighted by Gasteiger charge is -2.17. The maximum Gasteiger partial charge on any atom is 0.316 e. The first-order chi connectivity index (χ1) is 14.9. The first-order valence-corrected chi connectivity index (χ1v) is 10.2. The summed E-state index contributed by atoms with van der Waals surface area (Å²) in [5, 5.41) is 5.11. The third-order valence-electron chi connectivity index (χ3n) is 4.67. The Hall–Kier alpha value is -3.59. The van der Waals surface area contributed by atoms with Crippen molar-refractivity contribution in [3.63, 3.8) is 0 Å². The molecule has 2 aromatic heterocycles. The summed E-state index contributed by atoms with van der Waals surface area (Å²) in [7, 11) is 1.36. The molecule has 1 N–H and O–H groups in total. The zero-order chi connectivity index (χ0) is 22.0. The van der Waals surface area contributed by atoms with Crippen LogP contribution in [0.25, 0.3) is 11.3 Å². The van der Waals surface area contributed by atoms with Gasteiger partial charge in [-0.15, -0.1) is 11.3 Å². The predicted octanol–water partition coefficient (Wildman–Crippen LogP) is 4.75. The molecule has 6 nitrogen and oxygen atoms in total. The highest BCUT2D eigenvalue weighted by Gasteiger charge is 2.13. The standard InChI is InChI=1S/C22H18F2N4O2S/c1-13-3-4-15(19-11-31-12-25-19)7-18(13)26-22-27-21(29)20(30-2)10-28(22)9-14-5-16(23)8-17(24)6-14/h3-8,10-12H,9H2,1-2H3,(H,26,27,29). The first-order valence-electron chi connectivity index (χ1n) is 9.29. The third kappa shape index (κ3) is 4.61. The molecule has 0 saturated heterocycles. The van der Waals surface area contributed by atoms with E-state index in [4.69, 9.17) is 4.74 Å². The van der Waals surface area contributed by atoms with Crippen LogP contribution in [0.5, 0.6) is 5.75 Å². The number of thiazole rings is 1. The van der Waals surface area contributed by atoms with Gasteiger partial charge in [-0.05, 0) is 36.2 Å². The second-order valence-electron chi connectivity index (χ2n) is 6.87. The van der Waals surface area contributed by atoms with Gasteiger partial charge in [-0.25, -0.2) is 13.8 Å². The fourth-order valence-electron chi connectivity index (χ4n) is 3.12. The molecule has 0 amide bonds. The van der Waals surface area contributed by atoms with Gasteiger partial charge in [0.05, 0.1) is 31.1 Å². The molecular formula is C22H18F2N4O2S. The van der Waals surface area contributed by atoms with Gasteiger partial charge in [0, 0.05) is 22.7 Å². The summed E-state index contributed by atoms with van der Waals surface area (Å²) in [6.45, 7) is 1.99. The van der Waals surface area contributed by atoms with E-state index >= 15 is 0 Å². The lowest BCUT2D eigenvalue weighted by molar-refractivity contribution is 0.402. The molecule has 0 saturated carbocycles. The highest BCUT2D eigenvalue weighted by molar-refractivity contribution is 7.07. The number of halogens is 2. The van der Waals surface area contributed by atoms with Crippen molar-refractivity contribution in [2.75, 3.05) is 12.4 Å². The Morgan fingerprint density at radius 1 is 1.16 bits per heavy atom. The van der Waals surface area contributed by atoms with E-state index in [1.54, 1.807) is 10.1 Å². The molecule has 158 valence electrons. The lowest BCUT2D eigenvalue weighted by Crippen LogP contribution is -2.19. The smallest absolute Gasteiger partial charge is 0.316 e. The van der Waals surface area contributed by atoms with Crippen molar-refractivity contribution in [1.29, 1.82) is 0 Å². The van der Waals surface area contributed by atoms with E-state index in [1.165, 1.54) is 36.8 Å². The van der Waals surface area contributed by atoms with Crippen LogP contribution in [0.1, 0.15) is 11.1 Å². The van der Waals surface area contributed by atoms with Gasteiger partial charge in [-0.3, -0.25) is 4.79 Å². The van der Waals surface area contributed by atoms with Crippen molar-refractivity contribution in [2.45, 2.75) is 13.5 Å². The summed E-state index contributed by atoms with van der Waals surface area (Å²) in [6, 6.07) is 9.06.